The predicted molar refractivity (Wildman–Crippen MR) is 260 cm³/mol. The molecule has 0 aliphatic carbocycles. The van der Waals surface area contributed by atoms with Gasteiger partial charge in [0, 0.05) is 12.8 Å². The molecule has 0 bridgehead atoms. The molecular weight excluding hydrogens is 743 g/mol. The summed E-state index contributed by atoms with van der Waals surface area (Å²) >= 11 is 0. The van der Waals surface area contributed by atoms with Crippen molar-refractivity contribution in [2.24, 2.45) is 0 Å². The quantitative estimate of drug-likeness (QED) is 0.0322. The molecule has 0 fully saturated rings. The number of aliphatic hydroxyl groups is 2. The van der Waals surface area contributed by atoms with Gasteiger partial charge in [-0.25, -0.2) is 0 Å². The van der Waals surface area contributed by atoms with Gasteiger partial charge < -0.3 is 20.3 Å². The minimum Gasteiger partial charge on any atom is -0.466 e. The summed E-state index contributed by atoms with van der Waals surface area (Å²) in [6, 6.07) is -0.640. The fraction of sp³-hybridized carbons (Fsp3) is 0.889. The van der Waals surface area contributed by atoms with E-state index in [0.29, 0.717) is 19.4 Å². The number of esters is 1. The van der Waals surface area contributed by atoms with Crippen LogP contribution in [0.3, 0.4) is 0 Å². The largest absolute Gasteiger partial charge is 0.466 e. The van der Waals surface area contributed by atoms with Crippen molar-refractivity contribution in [1.82, 2.24) is 5.32 Å². The lowest BCUT2D eigenvalue weighted by molar-refractivity contribution is -0.143. The second-order valence-electron chi connectivity index (χ2n) is 18.2. The summed E-state index contributed by atoms with van der Waals surface area (Å²) < 4.78 is 5.45. The number of nitrogens with one attached hydrogen (secondary N) is 1. The van der Waals surface area contributed by atoms with Crippen molar-refractivity contribution >= 4 is 11.9 Å². The Morgan fingerprint density at radius 3 is 1.20 bits per heavy atom. The molecule has 0 aromatic carbocycles. The molecule has 0 saturated heterocycles. The number of unbranched alkanes of at least 4 members (excludes halogenated alkanes) is 36. The molecule has 0 radical (unpaired) electrons. The Bertz CT molecular complexity index is 935. The standard InChI is InChI=1S/C54H103NO5/c1-3-5-7-9-11-13-15-17-18-19-20-21-23-26-30-34-38-42-46-52(57)51(50-56)55-53(58)47-43-39-35-31-27-24-25-29-33-37-41-45-49-60-54(59)48-44-40-36-32-28-22-16-14-12-10-8-6-4-2/h14,16,42,46,51-52,56-57H,3-13,15,17-41,43-45,47-50H2,1-2H3,(H,55,58)/b16-14-,46-42+. The van der Waals surface area contributed by atoms with Crippen LogP contribution in [0.5, 0.6) is 0 Å². The van der Waals surface area contributed by atoms with E-state index in [1.165, 1.54) is 199 Å². The molecule has 0 aliphatic rings. The Hall–Kier alpha value is -1.66. The second-order valence-corrected chi connectivity index (χ2v) is 18.2. The Morgan fingerprint density at radius 2 is 0.783 bits per heavy atom. The minimum atomic E-state index is -0.855. The maximum Gasteiger partial charge on any atom is 0.305 e. The van der Waals surface area contributed by atoms with E-state index in [9.17, 15) is 19.8 Å². The second kappa shape index (κ2) is 50.0. The molecule has 6 nitrogen and oxygen atoms in total. The maximum atomic E-state index is 12.4. The Balaban J connectivity index is 3.51. The fourth-order valence-electron chi connectivity index (χ4n) is 8.10. The van der Waals surface area contributed by atoms with Crippen molar-refractivity contribution in [1.29, 1.82) is 0 Å². The van der Waals surface area contributed by atoms with Crippen LogP contribution in [0, 0.1) is 0 Å². The van der Waals surface area contributed by atoms with Gasteiger partial charge in [-0.05, 0) is 57.8 Å². The normalized spacial score (nSPS) is 12.8. The van der Waals surface area contributed by atoms with E-state index in [2.05, 4.69) is 31.3 Å². The summed E-state index contributed by atoms with van der Waals surface area (Å²) in [5, 5.41) is 23.1. The van der Waals surface area contributed by atoms with Crippen LogP contribution in [0.4, 0.5) is 0 Å². The van der Waals surface area contributed by atoms with Crippen molar-refractivity contribution in [3.8, 4) is 0 Å². The smallest absolute Gasteiger partial charge is 0.305 e. The van der Waals surface area contributed by atoms with Gasteiger partial charge in [0.05, 0.1) is 25.4 Å². The first kappa shape index (κ1) is 58.3. The van der Waals surface area contributed by atoms with E-state index in [1.54, 1.807) is 6.08 Å². The third-order valence-corrected chi connectivity index (χ3v) is 12.2. The van der Waals surface area contributed by atoms with Gasteiger partial charge in [0.1, 0.15) is 0 Å². The van der Waals surface area contributed by atoms with Crippen LogP contribution in [0.25, 0.3) is 0 Å². The van der Waals surface area contributed by atoms with Crippen molar-refractivity contribution in [2.75, 3.05) is 13.2 Å². The Morgan fingerprint density at radius 1 is 0.450 bits per heavy atom. The number of carbonyl (C=O) groups excluding carboxylic acids is 2. The van der Waals surface area contributed by atoms with Crippen LogP contribution in [0.15, 0.2) is 24.3 Å². The lowest BCUT2D eigenvalue weighted by Crippen LogP contribution is -2.45. The molecule has 6 heteroatoms. The number of hydrogen-bond donors (Lipinski definition) is 3. The van der Waals surface area contributed by atoms with Gasteiger partial charge in [0.25, 0.3) is 0 Å². The zero-order valence-corrected chi connectivity index (χ0v) is 40.2. The minimum absolute atomic E-state index is 0.0200. The first-order valence-corrected chi connectivity index (χ1v) is 26.6. The molecule has 0 heterocycles. The average Bonchev–Trinajstić information content (AvgIpc) is 3.25. The van der Waals surface area contributed by atoms with E-state index >= 15 is 0 Å². The van der Waals surface area contributed by atoms with Crippen molar-refractivity contribution in [3.63, 3.8) is 0 Å². The lowest BCUT2D eigenvalue weighted by Gasteiger charge is -2.20. The number of carbonyl (C=O) groups is 2. The van der Waals surface area contributed by atoms with Crippen molar-refractivity contribution < 1.29 is 24.5 Å². The van der Waals surface area contributed by atoms with Gasteiger partial charge in [-0.15, -0.1) is 0 Å². The van der Waals surface area contributed by atoms with Crippen LogP contribution in [-0.4, -0.2) is 47.4 Å². The first-order valence-electron chi connectivity index (χ1n) is 26.6. The lowest BCUT2D eigenvalue weighted by atomic mass is 10.0. The summed E-state index contributed by atoms with van der Waals surface area (Å²) in [6.07, 6.45) is 58.9. The molecule has 0 rings (SSSR count). The zero-order chi connectivity index (χ0) is 43.7. The molecule has 2 unspecified atom stereocenters. The summed E-state index contributed by atoms with van der Waals surface area (Å²) in [5.74, 6) is -0.103. The monoisotopic (exact) mass is 846 g/mol. The van der Waals surface area contributed by atoms with Gasteiger partial charge >= 0.3 is 5.97 Å². The topological polar surface area (TPSA) is 95.9 Å². The van der Waals surface area contributed by atoms with E-state index in [0.717, 1.165) is 57.8 Å². The average molecular weight is 846 g/mol. The third kappa shape index (κ3) is 45.9. The number of amides is 1. The van der Waals surface area contributed by atoms with Crippen molar-refractivity contribution in [2.45, 2.75) is 296 Å². The predicted octanol–water partition coefficient (Wildman–Crippen LogP) is 15.9. The summed E-state index contributed by atoms with van der Waals surface area (Å²) in [4.78, 5) is 24.5. The SMILES string of the molecule is CCCCCC/C=C\CCCCCCCC(=O)OCCCCCCCCCCCCCCC(=O)NC(CO)C(O)/C=C/CCCCCCCCCCCCCCCCCC. The summed E-state index contributed by atoms with van der Waals surface area (Å²) in [5.41, 5.74) is 0. The number of rotatable bonds is 49. The van der Waals surface area contributed by atoms with Gasteiger partial charge in [-0.1, -0.05) is 237 Å². The maximum absolute atomic E-state index is 12.4. The molecule has 0 aromatic heterocycles. The molecule has 0 spiro atoms. The molecule has 0 saturated carbocycles. The molecule has 2 atom stereocenters. The highest BCUT2D eigenvalue weighted by atomic mass is 16.5. The molecule has 354 valence electrons. The molecule has 0 aliphatic heterocycles. The highest BCUT2D eigenvalue weighted by Gasteiger charge is 2.18. The number of ether oxygens (including phenoxy) is 1. The molecule has 60 heavy (non-hydrogen) atoms. The van der Waals surface area contributed by atoms with Crippen LogP contribution in [0.1, 0.15) is 284 Å². The Labute approximate surface area is 373 Å². The van der Waals surface area contributed by atoms with Crippen LogP contribution in [-0.2, 0) is 14.3 Å². The third-order valence-electron chi connectivity index (χ3n) is 12.2. The molecule has 3 N–H and O–H groups in total. The van der Waals surface area contributed by atoms with Gasteiger partial charge in [0.2, 0.25) is 5.91 Å². The van der Waals surface area contributed by atoms with E-state index < -0.39 is 12.1 Å². The van der Waals surface area contributed by atoms with Gasteiger partial charge in [0.15, 0.2) is 0 Å². The summed E-state index contributed by atoms with van der Waals surface area (Å²) in [7, 11) is 0. The fourth-order valence-corrected chi connectivity index (χ4v) is 8.10. The summed E-state index contributed by atoms with van der Waals surface area (Å²) in [6.45, 7) is 4.86. The zero-order valence-electron chi connectivity index (χ0n) is 40.2. The number of allylic oxidation sites excluding steroid dienone is 3. The number of hydrogen-bond acceptors (Lipinski definition) is 5. The van der Waals surface area contributed by atoms with Crippen LogP contribution < -0.4 is 5.32 Å². The highest BCUT2D eigenvalue weighted by Crippen LogP contribution is 2.16. The van der Waals surface area contributed by atoms with Crippen LogP contribution >= 0.6 is 0 Å². The van der Waals surface area contributed by atoms with Crippen molar-refractivity contribution in [3.05, 3.63) is 24.3 Å². The van der Waals surface area contributed by atoms with E-state index in [4.69, 9.17) is 4.74 Å². The van der Waals surface area contributed by atoms with E-state index in [-0.39, 0.29) is 18.5 Å². The Kier molecular flexibility index (Phi) is 48.6. The molecule has 0 aromatic rings. The van der Waals surface area contributed by atoms with E-state index in [1.807, 2.05) is 6.08 Å². The molecule has 1 amide bonds. The number of aliphatic hydroxyl groups excluding tert-OH is 2. The first-order chi connectivity index (χ1) is 29.5. The van der Waals surface area contributed by atoms with Crippen LogP contribution in [0.2, 0.25) is 0 Å². The molecular formula is C54H103NO5. The van der Waals surface area contributed by atoms with Gasteiger partial charge in [-0.2, -0.15) is 0 Å². The highest BCUT2D eigenvalue weighted by molar-refractivity contribution is 5.76. The van der Waals surface area contributed by atoms with Gasteiger partial charge in [-0.3, -0.25) is 9.59 Å².